The quantitative estimate of drug-likeness (QED) is 0.599. The number of amides is 1. The van der Waals surface area contributed by atoms with Gasteiger partial charge in [0.1, 0.15) is 22.9 Å². The highest BCUT2D eigenvalue weighted by molar-refractivity contribution is 6.00. The number of nitrogens with zero attached hydrogens (tertiary/aromatic N) is 2. The Kier molecular flexibility index (Phi) is 4.78. The van der Waals surface area contributed by atoms with Gasteiger partial charge in [-0.3, -0.25) is 9.89 Å². The summed E-state index contributed by atoms with van der Waals surface area (Å²) in [4.78, 5) is 15.0. The van der Waals surface area contributed by atoms with Crippen LogP contribution in [-0.4, -0.2) is 37.8 Å². The molecule has 6 heteroatoms. The molecule has 4 rings (SSSR count). The number of H-pyrrole nitrogens is 1. The highest BCUT2D eigenvalue weighted by Gasteiger charge is 2.42. The molecule has 2 heterocycles. The summed E-state index contributed by atoms with van der Waals surface area (Å²) in [6.45, 7) is 6.55. The van der Waals surface area contributed by atoms with Crippen molar-refractivity contribution in [3.63, 3.8) is 0 Å². The number of hydrogen-bond acceptors (Lipinski definition) is 4. The molecule has 0 saturated heterocycles. The van der Waals surface area contributed by atoms with Crippen molar-refractivity contribution in [2.24, 2.45) is 0 Å². The Balaban J connectivity index is 1.92. The van der Waals surface area contributed by atoms with E-state index in [1.165, 1.54) is 0 Å². The second-order valence-corrected chi connectivity index (χ2v) is 7.69. The van der Waals surface area contributed by atoms with Crippen molar-refractivity contribution < 1.29 is 15.0 Å². The van der Waals surface area contributed by atoms with E-state index in [-0.39, 0.29) is 23.4 Å². The molecule has 1 atom stereocenters. The molecular weight excluding hydrogens is 366 g/mol. The fourth-order valence-electron chi connectivity index (χ4n) is 4.24. The van der Waals surface area contributed by atoms with Gasteiger partial charge in [0.25, 0.3) is 5.91 Å². The van der Waals surface area contributed by atoms with E-state index < -0.39 is 0 Å². The summed E-state index contributed by atoms with van der Waals surface area (Å²) in [5, 5.41) is 28.0. The number of rotatable bonds is 5. The monoisotopic (exact) mass is 391 g/mol. The molecule has 0 fully saturated rings. The fraction of sp³-hybridized carbons (Fsp3) is 0.304. The molecule has 0 spiro atoms. The number of fused-ring (bicyclic) bond motifs is 1. The Morgan fingerprint density at radius 1 is 1.17 bits per heavy atom. The third kappa shape index (κ3) is 3.14. The standard InChI is InChI=1S/C23H25N3O3/c1-4-5-9-26-22(15-7-6-8-16(27)12-15)19-20(24-25-21(19)23(26)29)18-14(3)10-13(2)11-17(18)28/h6-8,10-12,22,27-28H,4-5,9H2,1-3H3,(H,24,25). The number of carbonyl (C=O) groups excluding carboxylic acids is 1. The predicted molar refractivity (Wildman–Crippen MR) is 111 cm³/mol. The molecule has 0 saturated carbocycles. The maximum atomic E-state index is 13.2. The van der Waals surface area contributed by atoms with Crippen molar-refractivity contribution in [1.29, 1.82) is 0 Å². The van der Waals surface area contributed by atoms with Crippen LogP contribution in [0.25, 0.3) is 11.3 Å². The lowest BCUT2D eigenvalue weighted by molar-refractivity contribution is 0.0741. The van der Waals surface area contributed by atoms with Gasteiger partial charge in [-0.05, 0) is 55.2 Å². The molecule has 1 aliphatic heterocycles. The second kappa shape index (κ2) is 7.28. The summed E-state index contributed by atoms with van der Waals surface area (Å²) < 4.78 is 0. The van der Waals surface area contributed by atoms with Gasteiger partial charge in [0, 0.05) is 17.7 Å². The third-order valence-electron chi connectivity index (χ3n) is 5.50. The summed E-state index contributed by atoms with van der Waals surface area (Å²) in [5.41, 5.74) is 5.08. The highest BCUT2D eigenvalue weighted by atomic mass is 16.3. The zero-order valence-electron chi connectivity index (χ0n) is 16.9. The number of benzene rings is 2. The first kappa shape index (κ1) is 19.1. The topological polar surface area (TPSA) is 89.5 Å². The minimum absolute atomic E-state index is 0.107. The van der Waals surface area contributed by atoms with Gasteiger partial charge < -0.3 is 15.1 Å². The van der Waals surface area contributed by atoms with Crippen molar-refractivity contribution in [2.75, 3.05) is 6.54 Å². The highest BCUT2D eigenvalue weighted by Crippen LogP contribution is 2.45. The Morgan fingerprint density at radius 2 is 1.97 bits per heavy atom. The van der Waals surface area contributed by atoms with Crippen molar-refractivity contribution >= 4 is 5.91 Å². The summed E-state index contributed by atoms with van der Waals surface area (Å²) in [7, 11) is 0. The average Bonchev–Trinajstić information content (AvgIpc) is 3.19. The van der Waals surface area contributed by atoms with Gasteiger partial charge in [0.2, 0.25) is 0 Å². The van der Waals surface area contributed by atoms with E-state index in [0.717, 1.165) is 35.1 Å². The second-order valence-electron chi connectivity index (χ2n) is 7.69. The number of carbonyl (C=O) groups is 1. The van der Waals surface area contributed by atoms with Gasteiger partial charge in [-0.25, -0.2) is 0 Å². The SMILES string of the molecule is CCCCN1C(=O)c2[nH]nc(-c3c(C)cc(C)cc3O)c2C1c1cccc(O)c1. The molecular formula is C23H25N3O3. The number of aryl methyl sites for hydroxylation is 2. The first-order chi connectivity index (χ1) is 13.9. The van der Waals surface area contributed by atoms with Crippen molar-refractivity contribution in [2.45, 2.75) is 39.7 Å². The van der Waals surface area contributed by atoms with E-state index in [4.69, 9.17) is 0 Å². The van der Waals surface area contributed by atoms with Crippen molar-refractivity contribution in [3.05, 3.63) is 64.3 Å². The van der Waals surface area contributed by atoms with Gasteiger partial charge in [-0.2, -0.15) is 5.10 Å². The fourth-order valence-corrected chi connectivity index (χ4v) is 4.24. The van der Waals surface area contributed by atoms with Gasteiger partial charge in [0.05, 0.1) is 6.04 Å². The minimum atomic E-state index is -0.370. The minimum Gasteiger partial charge on any atom is -0.508 e. The molecule has 150 valence electrons. The Labute approximate surface area is 169 Å². The van der Waals surface area contributed by atoms with Crippen LogP contribution >= 0.6 is 0 Å². The van der Waals surface area contributed by atoms with Crippen LogP contribution in [0.4, 0.5) is 0 Å². The first-order valence-electron chi connectivity index (χ1n) is 9.91. The number of aromatic amines is 1. The van der Waals surface area contributed by atoms with Crippen LogP contribution in [0.1, 0.15) is 58.5 Å². The number of aromatic hydroxyl groups is 2. The number of phenols is 2. The Bertz CT molecular complexity index is 1060. The molecule has 3 N–H and O–H groups in total. The molecule has 1 aliphatic rings. The van der Waals surface area contributed by atoms with Crippen LogP contribution in [0, 0.1) is 13.8 Å². The maximum absolute atomic E-state index is 13.2. The molecule has 29 heavy (non-hydrogen) atoms. The van der Waals surface area contributed by atoms with Gasteiger partial charge in [0.15, 0.2) is 0 Å². The van der Waals surface area contributed by atoms with E-state index in [1.807, 2.05) is 30.9 Å². The van der Waals surface area contributed by atoms with Crippen molar-refractivity contribution in [1.82, 2.24) is 15.1 Å². The number of phenolic OH excluding ortho intramolecular Hbond substituents is 2. The van der Waals surface area contributed by atoms with E-state index in [1.54, 1.807) is 24.3 Å². The molecule has 3 aromatic rings. The zero-order chi connectivity index (χ0) is 20.7. The lowest BCUT2D eigenvalue weighted by atomic mass is 9.93. The summed E-state index contributed by atoms with van der Waals surface area (Å²) in [6.07, 6.45) is 1.84. The zero-order valence-corrected chi connectivity index (χ0v) is 16.9. The Morgan fingerprint density at radius 3 is 2.66 bits per heavy atom. The third-order valence-corrected chi connectivity index (χ3v) is 5.50. The van der Waals surface area contributed by atoms with Crippen LogP contribution in [0.2, 0.25) is 0 Å². The lowest BCUT2D eigenvalue weighted by Gasteiger charge is -2.26. The number of hydrogen-bond donors (Lipinski definition) is 3. The first-order valence-corrected chi connectivity index (χ1v) is 9.91. The van der Waals surface area contributed by atoms with Gasteiger partial charge in [-0.15, -0.1) is 0 Å². The summed E-state index contributed by atoms with van der Waals surface area (Å²) in [6, 6.07) is 10.3. The molecule has 0 bridgehead atoms. The number of unbranched alkanes of at least 4 members (excludes halogenated alkanes) is 1. The van der Waals surface area contributed by atoms with Crippen LogP contribution in [-0.2, 0) is 0 Å². The molecule has 0 radical (unpaired) electrons. The van der Waals surface area contributed by atoms with Gasteiger partial charge >= 0.3 is 0 Å². The van der Waals surface area contributed by atoms with Crippen LogP contribution in [0.3, 0.4) is 0 Å². The molecule has 2 aromatic carbocycles. The smallest absolute Gasteiger partial charge is 0.273 e. The molecule has 0 aliphatic carbocycles. The van der Waals surface area contributed by atoms with Crippen LogP contribution in [0.5, 0.6) is 11.5 Å². The van der Waals surface area contributed by atoms with Crippen LogP contribution < -0.4 is 0 Å². The summed E-state index contributed by atoms with van der Waals surface area (Å²) >= 11 is 0. The Hall–Kier alpha value is -3.28. The lowest BCUT2D eigenvalue weighted by Crippen LogP contribution is -2.30. The van der Waals surface area contributed by atoms with E-state index >= 15 is 0 Å². The molecule has 1 amide bonds. The normalized spacial score (nSPS) is 15.8. The van der Waals surface area contributed by atoms with E-state index in [2.05, 4.69) is 17.1 Å². The number of nitrogens with one attached hydrogen (secondary N) is 1. The summed E-state index contributed by atoms with van der Waals surface area (Å²) in [5.74, 6) is 0.189. The van der Waals surface area contributed by atoms with Crippen molar-refractivity contribution in [3.8, 4) is 22.8 Å². The predicted octanol–water partition coefficient (Wildman–Crippen LogP) is 4.45. The number of aromatic nitrogens is 2. The molecule has 1 aromatic heterocycles. The van der Waals surface area contributed by atoms with E-state index in [0.29, 0.717) is 23.5 Å². The molecule has 1 unspecified atom stereocenters. The largest absolute Gasteiger partial charge is 0.508 e. The van der Waals surface area contributed by atoms with E-state index in [9.17, 15) is 15.0 Å². The maximum Gasteiger partial charge on any atom is 0.273 e. The average molecular weight is 391 g/mol. The van der Waals surface area contributed by atoms with Crippen LogP contribution in [0.15, 0.2) is 36.4 Å². The molecule has 6 nitrogen and oxygen atoms in total. The van der Waals surface area contributed by atoms with Gasteiger partial charge in [-0.1, -0.05) is 31.5 Å².